The highest BCUT2D eigenvalue weighted by atomic mass is 32.2. The van der Waals surface area contributed by atoms with Crippen LogP contribution in [0.15, 0.2) is 0 Å². The normalized spacial score (nSPS) is 18.6. The van der Waals surface area contributed by atoms with Crippen molar-refractivity contribution < 1.29 is 23.1 Å². The van der Waals surface area contributed by atoms with E-state index in [1.807, 2.05) is 0 Å². The zero-order valence-electron chi connectivity index (χ0n) is 11.0. The molecule has 1 aliphatic carbocycles. The second-order valence-electron chi connectivity index (χ2n) is 5.50. The lowest BCUT2D eigenvalue weighted by molar-refractivity contribution is -0.137. The zero-order valence-corrected chi connectivity index (χ0v) is 11.8. The highest BCUT2D eigenvalue weighted by Gasteiger charge is 2.55. The Kier molecular flexibility index (Phi) is 4.40. The SMILES string of the molecule is COCC1(S(=O)(=O)NC(C)(C)CCC(=O)O)CC1. The number of ether oxygens (including phenoxy) is 1. The molecular formula is C11H21NO5S. The molecule has 0 unspecified atom stereocenters. The smallest absolute Gasteiger partial charge is 0.303 e. The second-order valence-corrected chi connectivity index (χ2v) is 7.58. The van der Waals surface area contributed by atoms with Gasteiger partial charge in [-0.15, -0.1) is 0 Å². The number of sulfonamides is 1. The van der Waals surface area contributed by atoms with Gasteiger partial charge in [0.1, 0.15) is 4.75 Å². The summed E-state index contributed by atoms with van der Waals surface area (Å²) in [5, 5.41) is 8.63. The third-order valence-corrected chi connectivity index (χ3v) is 5.65. The Morgan fingerprint density at radius 1 is 1.44 bits per heavy atom. The molecule has 1 fully saturated rings. The van der Waals surface area contributed by atoms with E-state index < -0.39 is 26.3 Å². The first kappa shape index (κ1) is 15.4. The van der Waals surface area contributed by atoms with Crippen molar-refractivity contribution in [2.75, 3.05) is 13.7 Å². The van der Waals surface area contributed by atoms with E-state index in [4.69, 9.17) is 9.84 Å². The van der Waals surface area contributed by atoms with E-state index >= 15 is 0 Å². The van der Waals surface area contributed by atoms with E-state index in [0.29, 0.717) is 12.8 Å². The van der Waals surface area contributed by atoms with Gasteiger partial charge < -0.3 is 9.84 Å². The van der Waals surface area contributed by atoms with Crippen molar-refractivity contribution in [2.24, 2.45) is 0 Å². The summed E-state index contributed by atoms with van der Waals surface area (Å²) in [7, 11) is -2.01. The molecule has 0 bridgehead atoms. The fraction of sp³-hybridized carbons (Fsp3) is 0.909. The van der Waals surface area contributed by atoms with Gasteiger partial charge in [0.15, 0.2) is 0 Å². The molecule has 0 aliphatic heterocycles. The summed E-state index contributed by atoms with van der Waals surface area (Å²) in [6.45, 7) is 3.56. The Balaban J connectivity index is 2.68. The van der Waals surface area contributed by atoms with Crippen molar-refractivity contribution in [3.05, 3.63) is 0 Å². The number of hydrogen-bond donors (Lipinski definition) is 2. The fourth-order valence-corrected chi connectivity index (χ4v) is 3.79. The van der Waals surface area contributed by atoms with Crippen LogP contribution in [0.2, 0.25) is 0 Å². The van der Waals surface area contributed by atoms with Crippen molar-refractivity contribution in [2.45, 2.75) is 49.8 Å². The first-order chi connectivity index (χ1) is 8.14. The number of carbonyl (C=O) groups is 1. The van der Waals surface area contributed by atoms with E-state index in [2.05, 4.69) is 4.72 Å². The van der Waals surface area contributed by atoms with Gasteiger partial charge in [0, 0.05) is 19.1 Å². The topological polar surface area (TPSA) is 92.7 Å². The number of carboxylic acids is 1. The van der Waals surface area contributed by atoms with Crippen LogP contribution in [0.4, 0.5) is 0 Å². The maximum absolute atomic E-state index is 12.2. The first-order valence-corrected chi connectivity index (χ1v) is 7.37. The molecule has 0 aromatic rings. The van der Waals surface area contributed by atoms with Gasteiger partial charge in [-0.05, 0) is 33.1 Å². The molecule has 0 aromatic carbocycles. The van der Waals surface area contributed by atoms with Gasteiger partial charge >= 0.3 is 5.97 Å². The molecule has 1 aliphatic rings. The van der Waals surface area contributed by atoms with E-state index in [1.165, 1.54) is 7.11 Å². The summed E-state index contributed by atoms with van der Waals surface area (Å²) >= 11 is 0. The zero-order chi connectivity index (χ0) is 14.0. The van der Waals surface area contributed by atoms with Crippen LogP contribution in [0.1, 0.15) is 39.5 Å². The van der Waals surface area contributed by atoms with Crippen molar-refractivity contribution >= 4 is 16.0 Å². The van der Waals surface area contributed by atoms with Crippen LogP contribution in [0.25, 0.3) is 0 Å². The van der Waals surface area contributed by atoms with Gasteiger partial charge in [-0.25, -0.2) is 13.1 Å². The molecule has 6 nitrogen and oxygen atoms in total. The maximum Gasteiger partial charge on any atom is 0.303 e. The molecule has 0 amide bonds. The Labute approximate surface area is 108 Å². The van der Waals surface area contributed by atoms with Gasteiger partial charge in [0.25, 0.3) is 0 Å². The Hall–Kier alpha value is -0.660. The third kappa shape index (κ3) is 3.66. The minimum Gasteiger partial charge on any atom is -0.481 e. The summed E-state index contributed by atoms with van der Waals surface area (Å²) in [5.74, 6) is -0.930. The molecule has 18 heavy (non-hydrogen) atoms. The number of carboxylic acid groups (broad SMARTS) is 1. The van der Waals surface area contributed by atoms with Crippen LogP contribution < -0.4 is 4.72 Å². The van der Waals surface area contributed by atoms with Gasteiger partial charge in [0.2, 0.25) is 10.0 Å². The van der Waals surface area contributed by atoms with Crippen LogP contribution in [-0.2, 0) is 19.6 Å². The first-order valence-electron chi connectivity index (χ1n) is 5.88. The summed E-state index contributed by atoms with van der Waals surface area (Å²) in [6, 6.07) is 0. The van der Waals surface area contributed by atoms with Gasteiger partial charge in [-0.3, -0.25) is 4.79 Å². The summed E-state index contributed by atoms with van der Waals surface area (Å²) in [6.07, 6.45) is 1.37. The molecule has 0 aromatic heterocycles. The Bertz CT molecular complexity index is 411. The van der Waals surface area contributed by atoms with Crippen LogP contribution in [0.3, 0.4) is 0 Å². The van der Waals surface area contributed by atoms with E-state index in [9.17, 15) is 13.2 Å². The molecule has 1 saturated carbocycles. The molecule has 2 N–H and O–H groups in total. The molecule has 0 heterocycles. The molecule has 1 rings (SSSR count). The van der Waals surface area contributed by atoms with Crippen LogP contribution in [-0.4, -0.2) is 43.5 Å². The average molecular weight is 279 g/mol. The second kappa shape index (κ2) is 5.14. The number of aliphatic carboxylic acids is 1. The van der Waals surface area contributed by atoms with E-state index in [1.54, 1.807) is 13.8 Å². The standard InChI is InChI=1S/C11H21NO5S/c1-10(2,5-4-9(13)14)12-18(15,16)11(6-7-11)8-17-3/h12H,4-8H2,1-3H3,(H,13,14). The van der Waals surface area contributed by atoms with Gasteiger partial charge in [0.05, 0.1) is 6.61 Å². The predicted molar refractivity (Wildman–Crippen MR) is 66.8 cm³/mol. The number of methoxy groups -OCH3 is 1. The van der Waals surface area contributed by atoms with E-state index in [0.717, 1.165) is 0 Å². The molecular weight excluding hydrogens is 258 g/mol. The quantitative estimate of drug-likeness (QED) is 0.683. The lowest BCUT2D eigenvalue weighted by Crippen LogP contribution is -2.49. The largest absolute Gasteiger partial charge is 0.481 e. The Morgan fingerprint density at radius 3 is 2.39 bits per heavy atom. The summed E-state index contributed by atoms with van der Waals surface area (Å²) in [5.41, 5.74) is -0.763. The highest BCUT2D eigenvalue weighted by Crippen LogP contribution is 2.43. The molecule has 7 heteroatoms. The van der Waals surface area contributed by atoms with E-state index in [-0.39, 0.29) is 19.4 Å². The fourth-order valence-electron chi connectivity index (χ4n) is 1.84. The average Bonchev–Trinajstić information content (AvgIpc) is 2.95. The minimum absolute atomic E-state index is 0.0627. The number of nitrogens with one attached hydrogen (secondary N) is 1. The lowest BCUT2D eigenvalue weighted by atomic mass is 10.0. The maximum atomic E-state index is 12.2. The summed E-state index contributed by atoms with van der Waals surface area (Å²) in [4.78, 5) is 10.5. The van der Waals surface area contributed by atoms with Crippen molar-refractivity contribution in [3.8, 4) is 0 Å². The number of hydrogen-bond acceptors (Lipinski definition) is 4. The van der Waals surface area contributed by atoms with Crippen LogP contribution in [0, 0.1) is 0 Å². The molecule has 106 valence electrons. The number of rotatable bonds is 8. The monoisotopic (exact) mass is 279 g/mol. The van der Waals surface area contributed by atoms with Gasteiger partial charge in [-0.1, -0.05) is 0 Å². The van der Waals surface area contributed by atoms with Crippen LogP contribution in [0.5, 0.6) is 0 Å². The van der Waals surface area contributed by atoms with Crippen molar-refractivity contribution in [1.29, 1.82) is 0 Å². The lowest BCUT2D eigenvalue weighted by Gasteiger charge is -2.28. The summed E-state index contributed by atoms with van der Waals surface area (Å²) < 4.78 is 31.2. The molecule has 0 spiro atoms. The van der Waals surface area contributed by atoms with Gasteiger partial charge in [-0.2, -0.15) is 0 Å². The minimum atomic E-state index is -3.48. The molecule has 0 radical (unpaired) electrons. The highest BCUT2D eigenvalue weighted by molar-refractivity contribution is 7.91. The van der Waals surface area contributed by atoms with Crippen molar-refractivity contribution in [1.82, 2.24) is 4.72 Å². The Morgan fingerprint density at radius 2 is 2.00 bits per heavy atom. The molecule has 0 atom stereocenters. The van der Waals surface area contributed by atoms with Crippen LogP contribution >= 0.6 is 0 Å². The predicted octanol–water partition coefficient (Wildman–Crippen LogP) is 0.728. The third-order valence-electron chi connectivity index (χ3n) is 3.16. The molecule has 0 saturated heterocycles. The van der Waals surface area contributed by atoms with Crippen molar-refractivity contribution in [3.63, 3.8) is 0 Å².